The minimum Gasteiger partial charge on any atom is -0.389 e. The molecule has 2 rings (SSSR count). The fraction of sp³-hybridized carbons (Fsp3) is 0.625. The second kappa shape index (κ2) is 6.36. The predicted octanol–water partition coefficient (Wildman–Crippen LogP) is 4.05. The molecule has 1 aromatic rings. The minimum atomic E-state index is -4.32. The number of alkyl halides is 3. The van der Waals surface area contributed by atoms with Gasteiger partial charge in [0.2, 0.25) is 0 Å². The van der Waals surface area contributed by atoms with Gasteiger partial charge in [0, 0.05) is 12.6 Å². The number of halogens is 3. The second-order valence-electron chi connectivity index (χ2n) is 6.01. The van der Waals surface area contributed by atoms with Crippen LogP contribution in [-0.4, -0.2) is 17.3 Å². The number of aliphatic hydroxyl groups is 1. The zero-order chi connectivity index (χ0) is 15.5. The molecule has 1 fully saturated rings. The zero-order valence-electron chi connectivity index (χ0n) is 12.2. The Labute approximate surface area is 123 Å². The van der Waals surface area contributed by atoms with Crippen molar-refractivity contribution in [2.45, 2.75) is 56.8 Å². The first-order valence-electron chi connectivity index (χ1n) is 7.43. The molecule has 0 bridgehead atoms. The van der Waals surface area contributed by atoms with Crippen LogP contribution < -0.4 is 5.32 Å². The molecule has 0 aromatic heterocycles. The molecule has 0 spiro atoms. The van der Waals surface area contributed by atoms with Crippen LogP contribution in [0.4, 0.5) is 13.2 Å². The van der Waals surface area contributed by atoms with E-state index in [0.717, 1.165) is 38.2 Å². The molecular weight excluding hydrogens is 279 g/mol. The minimum absolute atomic E-state index is 0.224. The van der Waals surface area contributed by atoms with Crippen LogP contribution in [0.5, 0.6) is 0 Å². The molecule has 1 aliphatic carbocycles. The van der Waals surface area contributed by atoms with E-state index in [1.54, 1.807) is 6.07 Å². The van der Waals surface area contributed by atoms with Crippen molar-refractivity contribution in [2.75, 3.05) is 6.54 Å². The van der Waals surface area contributed by atoms with Crippen LogP contribution in [0, 0.1) is 0 Å². The number of hydrogen-bond acceptors (Lipinski definition) is 2. The molecule has 1 aliphatic rings. The summed E-state index contributed by atoms with van der Waals surface area (Å²) < 4.78 is 38.1. The Morgan fingerprint density at radius 2 is 1.90 bits per heavy atom. The van der Waals surface area contributed by atoms with E-state index >= 15 is 0 Å². The number of benzene rings is 1. The quantitative estimate of drug-likeness (QED) is 0.879. The summed E-state index contributed by atoms with van der Waals surface area (Å²) in [6.45, 7) is 2.24. The SMILES string of the molecule is CC(NCC1(O)CCCCC1)c1cccc(C(F)(F)F)c1. The van der Waals surface area contributed by atoms with Crippen molar-refractivity contribution < 1.29 is 18.3 Å². The van der Waals surface area contributed by atoms with Gasteiger partial charge in [-0.15, -0.1) is 0 Å². The van der Waals surface area contributed by atoms with Crippen LogP contribution in [0.2, 0.25) is 0 Å². The summed E-state index contributed by atoms with van der Waals surface area (Å²) in [6.07, 6.45) is 0.361. The monoisotopic (exact) mass is 301 g/mol. The van der Waals surface area contributed by atoms with Gasteiger partial charge < -0.3 is 10.4 Å². The molecule has 0 aliphatic heterocycles. The molecule has 5 heteroatoms. The average molecular weight is 301 g/mol. The van der Waals surface area contributed by atoms with Gasteiger partial charge in [0.05, 0.1) is 11.2 Å². The van der Waals surface area contributed by atoms with E-state index in [2.05, 4.69) is 5.32 Å². The Hall–Kier alpha value is -1.07. The average Bonchev–Trinajstić information content (AvgIpc) is 2.45. The van der Waals surface area contributed by atoms with Gasteiger partial charge in [0.1, 0.15) is 0 Å². The topological polar surface area (TPSA) is 32.3 Å². The van der Waals surface area contributed by atoms with E-state index in [1.807, 2.05) is 6.92 Å². The highest BCUT2D eigenvalue weighted by Gasteiger charge is 2.31. The van der Waals surface area contributed by atoms with Crippen LogP contribution in [0.25, 0.3) is 0 Å². The molecule has 0 amide bonds. The molecule has 0 heterocycles. The maximum absolute atomic E-state index is 12.7. The predicted molar refractivity (Wildman–Crippen MR) is 75.9 cm³/mol. The summed E-state index contributed by atoms with van der Waals surface area (Å²) >= 11 is 0. The highest BCUT2D eigenvalue weighted by Crippen LogP contribution is 2.31. The molecule has 0 radical (unpaired) electrons. The van der Waals surface area contributed by atoms with Crippen LogP contribution >= 0.6 is 0 Å². The van der Waals surface area contributed by atoms with E-state index in [4.69, 9.17) is 0 Å². The number of rotatable bonds is 4. The second-order valence-corrected chi connectivity index (χ2v) is 6.01. The van der Waals surface area contributed by atoms with Gasteiger partial charge in [-0.2, -0.15) is 13.2 Å². The van der Waals surface area contributed by atoms with Crippen LogP contribution in [0.15, 0.2) is 24.3 Å². The highest BCUT2D eigenvalue weighted by atomic mass is 19.4. The van der Waals surface area contributed by atoms with E-state index in [9.17, 15) is 18.3 Å². The van der Waals surface area contributed by atoms with Crippen molar-refractivity contribution in [3.63, 3.8) is 0 Å². The fourth-order valence-corrected chi connectivity index (χ4v) is 2.83. The van der Waals surface area contributed by atoms with Crippen molar-refractivity contribution in [1.82, 2.24) is 5.32 Å². The normalized spacial score (nSPS) is 20.2. The van der Waals surface area contributed by atoms with Gasteiger partial charge in [-0.1, -0.05) is 31.4 Å². The molecule has 1 unspecified atom stereocenters. The number of nitrogens with one attached hydrogen (secondary N) is 1. The fourth-order valence-electron chi connectivity index (χ4n) is 2.83. The Balaban J connectivity index is 1.98. The molecule has 1 atom stereocenters. The lowest BCUT2D eigenvalue weighted by Crippen LogP contribution is -2.42. The van der Waals surface area contributed by atoms with Crippen LogP contribution in [0.3, 0.4) is 0 Å². The Morgan fingerprint density at radius 1 is 1.24 bits per heavy atom. The van der Waals surface area contributed by atoms with Gasteiger partial charge in [-0.3, -0.25) is 0 Å². The Morgan fingerprint density at radius 3 is 2.52 bits per heavy atom. The lowest BCUT2D eigenvalue weighted by atomic mass is 9.84. The van der Waals surface area contributed by atoms with Gasteiger partial charge in [0.15, 0.2) is 0 Å². The van der Waals surface area contributed by atoms with Gasteiger partial charge in [-0.25, -0.2) is 0 Å². The highest BCUT2D eigenvalue weighted by molar-refractivity contribution is 5.27. The smallest absolute Gasteiger partial charge is 0.389 e. The molecule has 2 nitrogen and oxygen atoms in total. The number of hydrogen-bond donors (Lipinski definition) is 2. The van der Waals surface area contributed by atoms with Gasteiger partial charge in [-0.05, 0) is 37.5 Å². The van der Waals surface area contributed by atoms with Crippen LogP contribution in [0.1, 0.15) is 56.2 Å². The van der Waals surface area contributed by atoms with E-state index in [0.29, 0.717) is 12.1 Å². The first-order valence-corrected chi connectivity index (χ1v) is 7.43. The van der Waals surface area contributed by atoms with Crippen molar-refractivity contribution in [3.8, 4) is 0 Å². The van der Waals surface area contributed by atoms with Crippen molar-refractivity contribution in [1.29, 1.82) is 0 Å². The standard InChI is InChI=1S/C16H22F3NO/c1-12(20-11-15(21)8-3-2-4-9-15)13-6-5-7-14(10-13)16(17,18)19/h5-7,10,12,20-21H,2-4,8-9,11H2,1H3. The third-order valence-corrected chi connectivity index (χ3v) is 4.24. The molecule has 0 saturated heterocycles. The van der Waals surface area contributed by atoms with E-state index in [-0.39, 0.29) is 6.04 Å². The maximum atomic E-state index is 12.7. The summed E-state index contributed by atoms with van der Waals surface area (Å²) in [6, 6.07) is 5.12. The summed E-state index contributed by atoms with van der Waals surface area (Å²) in [5.41, 5.74) is -0.761. The van der Waals surface area contributed by atoms with Gasteiger partial charge >= 0.3 is 6.18 Å². The van der Waals surface area contributed by atoms with E-state index in [1.165, 1.54) is 12.1 Å². The first kappa shape index (κ1) is 16.3. The summed E-state index contributed by atoms with van der Waals surface area (Å²) in [4.78, 5) is 0. The third kappa shape index (κ3) is 4.45. The molecule has 1 aromatic carbocycles. The third-order valence-electron chi connectivity index (χ3n) is 4.24. The lowest BCUT2D eigenvalue weighted by molar-refractivity contribution is -0.137. The molecule has 21 heavy (non-hydrogen) atoms. The first-order chi connectivity index (χ1) is 9.80. The van der Waals surface area contributed by atoms with Crippen LogP contribution in [-0.2, 0) is 6.18 Å². The van der Waals surface area contributed by atoms with Crippen molar-refractivity contribution in [3.05, 3.63) is 35.4 Å². The van der Waals surface area contributed by atoms with Crippen molar-refractivity contribution in [2.24, 2.45) is 0 Å². The molecule has 118 valence electrons. The Bertz CT molecular complexity index is 467. The lowest BCUT2D eigenvalue weighted by Gasteiger charge is -2.33. The summed E-state index contributed by atoms with van der Waals surface area (Å²) in [5, 5.41) is 13.6. The molecular formula is C16H22F3NO. The summed E-state index contributed by atoms with van der Waals surface area (Å²) in [7, 11) is 0. The largest absolute Gasteiger partial charge is 0.416 e. The molecule has 2 N–H and O–H groups in total. The van der Waals surface area contributed by atoms with Crippen molar-refractivity contribution >= 4 is 0 Å². The maximum Gasteiger partial charge on any atom is 0.416 e. The summed E-state index contributed by atoms with van der Waals surface area (Å²) in [5.74, 6) is 0. The molecule has 1 saturated carbocycles. The van der Waals surface area contributed by atoms with Gasteiger partial charge in [0.25, 0.3) is 0 Å². The van der Waals surface area contributed by atoms with E-state index < -0.39 is 17.3 Å². The zero-order valence-corrected chi connectivity index (χ0v) is 12.2. The Kier molecular flexibility index (Phi) is 4.94.